The zero-order valence-corrected chi connectivity index (χ0v) is 10.0. The lowest BCUT2D eigenvalue weighted by atomic mass is 10.1. The summed E-state index contributed by atoms with van der Waals surface area (Å²) in [5, 5.41) is 3.17. The fourth-order valence-electron chi connectivity index (χ4n) is 1.97. The van der Waals surface area contributed by atoms with Crippen LogP contribution in [0, 0.1) is 6.92 Å². The van der Waals surface area contributed by atoms with Gasteiger partial charge in [-0.2, -0.15) is 0 Å². The number of aromatic amines is 1. The quantitative estimate of drug-likeness (QED) is 0.755. The van der Waals surface area contributed by atoms with Crippen LogP contribution in [0.1, 0.15) is 24.2 Å². The maximum Gasteiger partial charge on any atom is 0.104 e. The van der Waals surface area contributed by atoms with Crippen LogP contribution in [-0.2, 0) is 6.42 Å². The number of nitrogens with one attached hydrogen (secondary N) is 2. The number of hydrogen-bond donors (Lipinski definition) is 2. The molecule has 0 aliphatic heterocycles. The van der Waals surface area contributed by atoms with E-state index in [2.05, 4.69) is 33.5 Å². The van der Waals surface area contributed by atoms with Crippen molar-refractivity contribution in [1.29, 1.82) is 0 Å². The predicted molar refractivity (Wildman–Crippen MR) is 67.7 cm³/mol. The van der Waals surface area contributed by atoms with Crippen LogP contribution >= 0.6 is 0 Å². The molecule has 0 spiro atoms. The highest BCUT2D eigenvalue weighted by atomic mass is 14.9. The molecule has 0 fully saturated rings. The minimum absolute atomic E-state index is 0.988. The van der Waals surface area contributed by atoms with Crippen LogP contribution in [0.3, 0.4) is 0 Å². The number of hydrogen-bond acceptors (Lipinski definition) is 2. The van der Waals surface area contributed by atoms with Crippen molar-refractivity contribution in [3.8, 4) is 0 Å². The number of aromatic nitrogens is 2. The standard InChI is InChI=1S/C13H19N3/c1-10-15-12-7-6-11(9-13(12)16-10)5-3-4-8-14-2/h6-7,9,14H,3-5,8H2,1-2H3,(H,15,16). The first-order valence-electron chi connectivity index (χ1n) is 5.89. The molecule has 0 bridgehead atoms. The van der Waals surface area contributed by atoms with Gasteiger partial charge in [0.1, 0.15) is 5.82 Å². The number of imidazole rings is 1. The predicted octanol–water partition coefficient (Wildman–Crippen LogP) is 2.41. The first kappa shape index (κ1) is 11.1. The Bertz CT molecular complexity index is 459. The van der Waals surface area contributed by atoms with Gasteiger partial charge in [0, 0.05) is 0 Å². The number of nitrogens with zero attached hydrogens (tertiary/aromatic N) is 1. The fourth-order valence-corrected chi connectivity index (χ4v) is 1.97. The summed E-state index contributed by atoms with van der Waals surface area (Å²) in [6.45, 7) is 3.10. The van der Waals surface area contributed by atoms with Gasteiger partial charge < -0.3 is 10.3 Å². The summed E-state index contributed by atoms with van der Waals surface area (Å²) in [5.74, 6) is 0.988. The molecule has 2 N–H and O–H groups in total. The Balaban J connectivity index is 2.02. The van der Waals surface area contributed by atoms with E-state index in [-0.39, 0.29) is 0 Å². The zero-order valence-electron chi connectivity index (χ0n) is 10.0. The average Bonchev–Trinajstić information content (AvgIpc) is 2.64. The topological polar surface area (TPSA) is 40.7 Å². The zero-order chi connectivity index (χ0) is 11.4. The molecule has 0 atom stereocenters. The Hall–Kier alpha value is -1.35. The van der Waals surface area contributed by atoms with Gasteiger partial charge in [0.15, 0.2) is 0 Å². The molecule has 0 amide bonds. The SMILES string of the molecule is CNCCCCc1ccc2nc(C)[nH]c2c1. The lowest BCUT2D eigenvalue weighted by molar-refractivity contribution is 0.677. The molecule has 0 unspecified atom stereocenters. The summed E-state index contributed by atoms with van der Waals surface area (Å²) in [5.41, 5.74) is 3.62. The third-order valence-electron chi connectivity index (χ3n) is 2.81. The first-order chi connectivity index (χ1) is 7.79. The van der Waals surface area contributed by atoms with E-state index >= 15 is 0 Å². The number of aryl methyl sites for hydroxylation is 2. The van der Waals surface area contributed by atoms with Gasteiger partial charge in [-0.1, -0.05) is 6.07 Å². The molecule has 3 heteroatoms. The molecular formula is C13H19N3. The normalized spacial score (nSPS) is 11.1. The minimum Gasteiger partial charge on any atom is -0.342 e. The summed E-state index contributed by atoms with van der Waals surface area (Å²) < 4.78 is 0. The second-order valence-electron chi connectivity index (χ2n) is 4.23. The van der Waals surface area contributed by atoms with Crippen LogP contribution in [0.5, 0.6) is 0 Å². The Labute approximate surface area is 96.3 Å². The molecule has 1 aromatic heterocycles. The highest BCUT2D eigenvalue weighted by molar-refractivity contribution is 5.75. The first-order valence-corrected chi connectivity index (χ1v) is 5.89. The van der Waals surface area contributed by atoms with Gasteiger partial charge in [0.25, 0.3) is 0 Å². The lowest BCUT2D eigenvalue weighted by Crippen LogP contribution is -2.07. The number of benzene rings is 1. The van der Waals surface area contributed by atoms with Crippen molar-refractivity contribution >= 4 is 11.0 Å². The number of unbranched alkanes of at least 4 members (excludes halogenated alkanes) is 1. The van der Waals surface area contributed by atoms with Gasteiger partial charge in [-0.05, 0) is 57.5 Å². The second kappa shape index (κ2) is 5.12. The molecule has 0 aliphatic carbocycles. The summed E-state index contributed by atoms with van der Waals surface area (Å²) in [7, 11) is 2.00. The number of rotatable bonds is 5. The largest absolute Gasteiger partial charge is 0.342 e. The Morgan fingerprint density at radius 3 is 3.00 bits per heavy atom. The van der Waals surface area contributed by atoms with Crippen LogP contribution < -0.4 is 5.32 Å². The molecule has 1 heterocycles. The molecule has 0 saturated heterocycles. The number of fused-ring (bicyclic) bond motifs is 1. The average molecular weight is 217 g/mol. The molecule has 86 valence electrons. The van der Waals surface area contributed by atoms with Crippen LogP contribution in [0.4, 0.5) is 0 Å². The molecular weight excluding hydrogens is 198 g/mol. The van der Waals surface area contributed by atoms with Crippen molar-refractivity contribution in [2.24, 2.45) is 0 Å². The lowest BCUT2D eigenvalue weighted by Gasteiger charge is -2.01. The monoisotopic (exact) mass is 217 g/mol. The van der Waals surface area contributed by atoms with Crippen LogP contribution in [-0.4, -0.2) is 23.6 Å². The van der Waals surface area contributed by atoms with Gasteiger partial charge in [-0.15, -0.1) is 0 Å². The number of H-pyrrole nitrogens is 1. The summed E-state index contributed by atoms with van der Waals surface area (Å²) in [6, 6.07) is 6.50. The maximum atomic E-state index is 4.40. The Morgan fingerprint density at radius 2 is 2.19 bits per heavy atom. The van der Waals surface area contributed by atoms with Gasteiger partial charge in [0.2, 0.25) is 0 Å². The fraction of sp³-hybridized carbons (Fsp3) is 0.462. The molecule has 0 aliphatic rings. The van der Waals surface area contributed by atoms with Gasteiger partial charge in [-0.3, -0.25) is 0 Å². The van der Waals surface area contributed by atoms with E-state index in [1.807, 2.05) is 14.0 Å². The third-order valence-corrected chi connectivity index (χ3v) is 2.81. The second-order valence-corrected chi connectivity index (χ2v) is 4.23. The Kier molecular flexibility index (Phi) is 3.57. The molecule has 1 aromatic carbocycles. The van der Waals surface area contributed by atoms with E-state index in [0.717, 1.165) is 29.8 Å². The van der Waals surface area contributed by atoms with E-state index in [4.69, 9.17) is 0 Å². The van der Waals surface area contributed by atoms with Gasteiger partial charge in [-0.25, -0.2) is 4.98 Å². The van der Waals surface area contributed by atoms with Crippen LogP contribution in [0.25, 0.3) is 11.0 Å². The van der Waals surface area contributed by atoms with Crippen molar-refractivity contribution in [3.05, 3.63) is 29.6 Å². The van der Waals surface area contributed by atoms with Crippen LogP contribution in [0.2, 0.25) is 0 Å². The summed E-state index contributed by atoms with van der Waals surface area (Å²) >= 11 is 0. The highest BCUT2D eigenvalue weighted by Gasteiger charge is 2.00. The van der Waals surface area contributed by atoms with Crippen molar-refractivity contribution in [2.75, 3.05) is 13.6 Å². The van der Waals surface area contributed by atoms with Crippen molar-refractivity contribution < 1.29 is 0 Å². The summed E-state index contributed by atoms with van der Waals surface area (Å²) in [6.07, 6.45) is 3.62. The minimum atomic E-state index is 0.988. The molecule has 16 heavy (non-hydrogen) atoms. The van der Waals surface area contributed by atoms with E-state index in [1.54, 1.807) is 0 Å². The van der Waals surface area contributed by atoms with E-state index < -0.39 is 0 Å². The summed E-state index contributed by atoms with van der Waals surface area (Å²) in [4.78, 5) is 7.68. The molecule has 2 aromatic rings. The van der Waals surface area contributed by atoms with E-state index in [0.29, 0.717) is 0 Å². The Morgan fingerprint density at radius 1 is 1.31 bits per heavy atom. The van der Waals surface area contributed by atoms with E-state index in [1.165, 1.54) is 18.4 Å². The maximum absolute atomic E-state index is 4.40. The highest BCUT2D eigenvalue weighted by Crippen LogP contribution is 2.15. The smallest absolute Gasteiger partial charge is 0.104 e. The third kappa shape index (κ3) is 2.61. The van der Waals surface area contributed by atoms with Crippen molar-refractivity contribution in [2.45, 2.75) is 26.2 Å². The van der Waals surface area contributed by atoms with Crippen molar-refractivity contribution in [3.63, 3.8) is 0 Å². The molecule has 0 saturated carbocycles. The molecule has 3 nitrogen and oxygen atoms in total. The van der Waals surface area contributed by atoms with Crippen molar-refractivity contribution in [1.82, 2.24) is 15.3 Å². The van der Waals surface area contributed by atoms with Crippen LogP contribution in [0.15, 0.2) is 18.2 Å². The van der Waals surface area contributed by atoms with Gasteiger partial charge >= 0.3 is 0 Å². The molecule has 0 radical (unpaired) electrons. The van der Waals surface area contributed by atoms with E-state index in [9.17, 15) is 0 Å². The van der Waals surface area contributed by atoms with Gasteiger partial charge in [0.05, 0.1) is 11.0 Å². The molecule has 2 rings (SSSR count).